The molecule has 0 amide bonds. The number of hydrogen-bond donors (Lipinski definition) is 3. The second kappa shape index (κ2) is 5.66. The molecule has 1 fully saturated rings. The van der Waals surface area contributed by atoms with Crippen molar-refractivity contribution in [1.82, 2.24) is 5.32 Å². The van der Waals surface area contributed by atoms with Gasteiger partial charge in [0.05, 0.1) is 12.7 Å². The van der Waals surface area contributed by atoms with E-state index in [0.29, 0.717) is 6.54 Å². The molecule has 0 aliphatic carbocycles. The van der Waals surface area contributed by atoms with Gasteiger partial charge in [0, 0.05) is 26.3 Å². The summed E-state index contributed by atoms with van der Waals surface area (Å²) in [7, 11) is 0. The first-order chi connectivity index (χ1) is 6.66. The molecule has 84 valence electrons. The van der Waals surface area contributed by atoms with Gasteiger partial charge in [-0.25, -0.2) is 0 Å². The van der Waals surface area contributed by atoms with Crippen LogP contribution in [0.4, 0.5) is 0 Å². The van der Waals surface area contributed by atoms with Crippen molar-refractivity contribution in [3.63, 3.8) is 0 Å². The Morgan fingerprint density at radius 1 is 1.43 bits per heavy atom. The molecular formula is C10H21NO3. The lowest BCUT2D eigenvalue weighted by Crippen LogP contribution is -2.40. The number of ether oxygens (including phenoxy) is 1. The standard InChI is InChI=1S/C10H21NO3/c1-10(2-4-14-5-3-10)8-11-6-9(13)7-12/h9,11-13H,2-8H2,1H3. The monoisotopic (exact) mass is 203 g/mol. The van der Waals surface area contributed by atoms with Crippen molar-refractivity contribution in [1.29, 1.82) is 0 Å². The molecule has 1 unspecified atom stereocenters. The fraction of sp³-hybridized carbons (Fsp3) is 1.00. The average Bonchev–Trinajstić information content (AvgIpc) is 2.18. The van der Waals surface area contributed by atoms with E-state index in [0.717, 1.165) is 32.6 Å². The van der Waals surface area contributed by atoms with Gasteiger partial charge in [-0.15, -0.1) is 0 Å². The van der Waals surface area contributed by atoms with E-state index in [-0.39, 0.29) is 12.0 Å². The third kappa shape index (κ3) is 3.92. The van der Waals surface area contributed by atoms with E-state index in [1.165, 1.54) is 0 Å². The summed E-state index contributed by atoms with van der Waals surface area (Å²) in [5.74, 6) is 0. The van der Waals surface area contributed by atoms with Gasteiger partial charge in [-0.1, -0.05) is 6.92 Å². The fourth-order valence-electron chi connectivity index (χ4n) is 1.65. The lowest BCUT2D eigenvalue weighted by molar-refractivity contribution is 0.0213. The van der Waals surface area contributed by atoms with Gasteiger partial charge in [0.15, 0.2) is 0 Å². The second-order valence-corrected chi connectivity index (χ2v) is 4.39. The Morgan fingerprint density at radius 2 is 2.07 bits per heavy atom. The van der Waals surface area contributed by atoms with Gasteiger partial charge in [0.2, 0.25) is 0 Å². The minimum absolute atomic E-state index is 0.174. The van der Waals surface area contributed by atoms with Gasteiger partial charge in [-0.05, 0) is 18.3 Å². The van der Waals surface area contributed by atoms with E-state index in [2.05, 4.69) is 12.2 Å². The molecule has 1 heterocycles. The summed E-state index contributed by atoms with van der Waals surface area (Å²) in [6.45, 7) is 5.07. The van der Waals surface area contributed by atoms with Crippen molar-refractivity contribution in [2.45, 2.75) is 25.9 Å². The molecule has 0 radical (unpaired) electrons. The quantitative estimate of drug-likeness (QED) is 0.576. The maximum atomic E-state index is 9.13. The first-order valence-electron chi connectivity index (χ1n) is 5.24. The van der Waals surface area contributed by atoms with E-state index in [4.69, 9.17) is 14.9 Å². The second-order valence-electron chi connectivity index (χ2n) is 4.39. The largest absolute Gasteiger partial charge is 0.394 e. The van der Waals surface area contributed by atoms with Crippen molar-refractivity contribution in [3.05, 3.63) is 0 Å². The topological polar surface area (TPSA) is 61.7 Å². The summed E-state index contributed by atoms with van der Waals surface area (Å²) >= 11 is 0. The highest BCUT2D eigenvalue weighted by atomic mass is 16.5. The average molecular weight is 203 g/mol. The van der Waals surface area contributed by atoms with Crippen LogP contribution < -0.4 is 5.32 Å². The van der Waals surface area contributed by atoms with Crippen LogP contribution >= 0.6 is 0 Å². The normalized spacial score (nSPS) is 23.4. The molecular weight excluding hydrogens is 182 g/mol. The van der Waals surface area contributed by atoms with Crippen molar-refractivity contribution in [2.24, 2.45) is 5.41 Å². The summed E-state index contributed by atoms with van der Waals surface area (Å²) < 4.78 is 5.30. The molecule has 4 heteroatoms. The molecule has 1 atom stereocenters. The van der Waals surface area contributed by atoms with Crippen LogP contribution in [0.5, 0.6) is 0 Å². The van der Waals surface area contributed by atoms with Crippen LogP contribution in [0.1, 0.15) is 19.8 Å². The van der Waals surface area contributed by atoms with Crippen LogP contribution in [0, 0.1) is 5.41 Å². The first kappa shape index (κ1) is 11.9. The maximum Gasteiger partial charge on any atom is 0.0894 e. The zero-order valence-corrected chi connectivity index (χ0v) is 8.83. The van der Waals surface area contributed by atoms with Gasteiger partial charge < -0.3 is 20.3 Å². The summed E-state index contributed by atoms with van der Waals surface area (Å²) in [4.78, 5) is 0. The number of rotatable bonds is 5. The summed E-state index contributed by atoms with van der Waals surface area (Å²) in [5, 5.41) is 20.9. The fourth-order valence-corrected chi connectivity index (χ4v) is 1.65. The lowest BCUT2D eigenvalue weighted by atomic mass is 9.82. The van der Waals surface area contributed by atoms with E-state index in [1.807, 2.05) is 0 Å². The predicted octanol–water partition coefficient (Wildman–Crippen LogP) is -0.254. The molecule has 0 aromatic rings. The summed E-state index contributed by atoms with van der Waals surface area (Å²) in [6.07, 6.45) is 1.49. The van der Waals surface area contributed by atoms with Crippen molar-refractivity contribution < 1.29 is 14.9 Å². The highest BCUT2D eigenvalue weighted by Gasteiger charge is 2.26. The Hall–Kier alpha value is -0.160. The number of hydrogen-bond acceptors (Lipinski definition) is 4. The highest BCUT2D eigenvalue weighted by Crippen LogP contribution is 2.28. The number of aliphatic hydroxyl groups excluding tert-OH is 2. The molecule has 1 saturated heterocycles. The molecule has 3 N–H and O–H groups in total. The third-order valence-electron chi connectivity index (χ3n) is 2.84. The van der Waals surface area contributed by atoms with E-state index in [1.54, 1.807) is 0 Å². The van der Waals surface area contributed by atoms with Crippen molar-refractivity contribution >= 4 is 0 Å². The molecule has 0 saturated carbocycles. The molecule has 1 rings (SSSR count). The highest BCUT2D eigenvalue weighted by molar-refractivity contribution is 4.79. The molecule has 0 bridgehead atoms. The molecule has 1 aliphatic rings. The zero-order chi connectivity index (χ0) is 10.4. The van der Waals surface area contributed by atoms with Crippen molar-refractivity contribution in [2.75, 3.05) is 32.9 Å². The Morgan fingerprint density at radius 3 is 2.64 bits per heavy atom. The smallest absolute Gasteiger partial charge is 0.0894 e. The molecule has 14 heavy (non-hydrogen) atoms. The van der Waals surface area contributed by atoms with Crippen LogP contribution in [0.3, 0.4) is 0 Å². The SMILES string of the molecule is CC1(CNCC(O)CO)CCOCC1. The number of aliphatic hydroxyl groups is 2. The molecule has 0 spiro atoms. The molecule has 1 aliphatic heterocycles. The Bertz CT molecular complexity index is 157. The molecule has 4 nitrogen and oxygen atoms in total. The van der Waals surface area contributed by atoms with E-state index < -0.39 is 6.10 Å². The van der Waals surface area contributed by atoms with Crippen LogP contribution in [-0.4, -0.2) is 49.2 Å². The first-order valence-corrected chi connectivity index (χ1v) is 5.24. The van der Waals surface area contributed by atoms with Crippen LogP contribution in [-0.2, 0) is 4.74 Å². The predicted molar refractivity (Wildman–Crippen MR) is 54.1 cm³/mol. The molecule has 0 aromatic heterocycles. The summed E-state index contributed by atoms with van der Waals surface area (Å²) in [6, 6.07) is 0. The zero-order valence-electron chi connectivity index (χ0n) is 8.83. The summed E-state index contributed by atoms with van der Waals surface area (Å²) in [5.41, 5.74) is 0.285. The van der Waals surface area contributed by atoms with Gasteiger partial charge in [0.25, 0.3) is 0 Å². The lowest BCUT2D eigenvalue weighted by Gasteiger charge is -2.33. The van der Waals surface area contributed by atoms with Crippen LogP contribution in [0.2, 0.25) is 0 Å². The third-order valence-corrected chi connectivity index (χ3v) is 2.84. The van der Waals surface area contributed by atoms with Gasteiger partial charge in [-0.2, -0.15) is 0 Å². The Labute approximate surface area is 85.3 Å². The Balaban J connectivity index is 2.15. The van der Waals surface area contributed by atoms with Gasteiger partial charge >= 0.3 is 0 Å². The maximum absolute atomic E-state index is 9.13. The van der Waals surface area contributed by atoms with Crippen LogP contribution in [0.15, 0.2) is 0 Å². The van der Waals surface area contributed by atoms with E-state index in [9.17, 15) is 0 Å². The minimum Gasteiger partial charge on any atom is -0.394 e. The molecule has 0 aromatic carbocycles. The van der Waals surface area contributed by atoms with Gasteiger partial charge in [-0.3, -0.25) is 0 Å². The van der Waals surface area contributed by atoms with Gasteiger partial charge in [0.1, 0.15) is 0 Å². The van der Waals surface area contributed by atoms with Crippen molar-refractivity contribution in [3.8, 4) is 0 Å². The van der Waals surface area contributed by atoms with Crippen LogP contribution in [0.25, 0.3) is 0 Å². The minimum atomic E-state index is -0.640. The van der Waals surface area contributed by atoms with E-state index >= 15 is 0 Å². The number of nitrogens with one attached hydrogen (secondary N) is 1. The Kier molecular flexibility index (Phi) is 4.81.